The van der Waals surface area contributed by atoms with Crippen LogP contribution in [0.3, 0.4) is 0 Å². The van der Waals surface area contributed by atoms with Crippen molar-refractivity contribution in [3.8, 4) is 0 Å². The fourth-order valence-electron chi connectivity index (χ4n) is 0.911. The molecular weight excluding hydrogens is 162 g/mol. The summed E-state index contributed by atoms with van der Waals surface area (Å²) in [6.45, 7) is 7.69. The molecule has 0 unspecified atom stereocenters. The molecule has 0 saturated heterocycles. The maximum absolute atomic E-state index is 5.16. The Morgan fingerprint density at radius 3 is 2.77 bits per heavy atom. The molecule has 0 fully saturated rings. The molecule has 0 aliphatic rings. The number of rotatable bonds is 3. The van der Waals surface area contributed by atoms with Gasteiger partial charge in [-0.05, 0) is 13.8 Å². The van der Waals surface area contributed by atoms with Crippen LogP contribution >= 0.6 is 0 Å². The molecule has 68 valence electrons. The van der Waals surface area contributed by atoms with Crippen molar-refractivity contribution >= 4 is 5.57 Å². The average Bonchev–Trinajstić information content (AvgIpc) is 2.58. The van der Waals surface area contributed by atoms with Gasteiger partial charge >= 0.3 is 0 Å². The van der Waals surface area contributed by atoms with E-state index >= 15 is 0 Å². The maximum Gasteiger partial charge on any atom is 0.181 e. The fraction of sp³-hybridized carbons (Fsp3) is 0.182. The summed E-state index contributed by atoms with van der Waals surface area (Å²) < 4.78 is 5.16. The summed E-state index contributed by atoms with van der Waals surface area (Å²) in [4.78, 5) is 3.85. The van der Waals surface area contributed by atoms with E-state index in [2.05, 4.69) is 11.6 Å². The molecule has 0 aliphatic carbocycles. The largest absolute Gasteiger partial charge is 0.444 e. The molecule has 0 spiro atoms. The van der Waals surface area contributed by atoms with Crippen molar-refractivity contribution in [3.05, 3.63) is 48.7 Å². The van der Waals surface area contributed by atoms with Crippen LogP contribution in [0, 0.1) is 0 Å². The zero-order valence-corrected chi connectivity index (χ0v) is 7.95. The highest BCUT2D eigenvalue weighted by atomic mass is 16.3. The summed E-state index contributed by atoms with van der Waals surface area (Å²) in [5, 5.41) is 0. The molecule has 13 heavy (non-hydrogen) atoms. The molecule has 0 aromatic carbocycles. The number of oxazole rings is 1. The van der Waals surface area contributed by atoms with Crippen LogP contribution in [0.1, 0.15) is 19.6 Å². The van der Waals surface area contributed by atoms with Gasteiger partial charge in [-0.2, -0.15) is 0 Å². The first-order chi connectivity index (χ1) is 6.24. The quantitative estimate of drug-likeness (QED) is 0.659. The summed E-state index contributed by atoms with van der Waals surface area (Å²) in [6, 6.07) is 0. The SMILES string of the molecule is C=C(C)C=CC(=CC)c1cnco1. The molecule has 1 aromatic heterocycles. The van der Waals surface area contributed by atoms with Gasteiger partial charge in [-0.3, -0.25) is 0 Å². The highest BCUT2D eigenvalue weighted by Gasteiger charge is 1.98. The van der Waals surface area contributed by atoms with Crippen LogP contribution in [0.15, 0.2) is 47.4 Å². The molecule has 1 aromatic rings. The van der Waals surface area contributed by atoms with Crippen LogP contribution in [-0.4, -0.2) is 4.98 Å². The average molecular weight is 175 g/mol. The molecule has 0 bridgehead atoms. The Morgan fingerprint density at radius 2 is 2.31 bits per heavy atom. The van der Waals surface area contributed by atoms with E-state index in [1.54, 1.807) is 6.20 Å². The van der Waals surface area contributed by atoms with Gasteiger partial charge in [0.05, 0.1) is 6.20 Å². The van der Waals surface area contributed by atoms with Gasteiger partial charge in [-0.1, -0.05) is 30.4 Å². The van der Waals surface area contributed by atoms with E-state index in [-0.39, 0.29) is 0 Å². The lowest BCUT2D eigenvalue weighted by atomic mass is 10.1. The van der Waals surface area contributed by atoms with Gasteiger partial charge in [-0.25, -0.2) is 4.98 Å². The Bertz CT molecular complexity index is 331. The molecule has 0 amide bonds. The Labute approximate surface area is 78.3 Å². The highest BCUT2D eigenvalue weighted by Crippen LogP contribution is 2.15. The molecule has 0 saturated carbocycles. The number of aromatic nitrogens is 1. The maximum atomic E-state index is 5.16. The summed E-state index contributed by atoms with van der Waals surface area (Å²) in [5.41, 5.74) is 2.03. The third kappa shape index (κ3) is 2.75. The molecule has 0 atom stereocenters. The van der Waals surface area contributed by atoms with E-state index in [1.807, 2.05) is 32.1 Å². The van der Waals surface area contributed by atoms with Crippen LogP contribution in [0.2, 0.25) is 0 Å². The summed E-state index contributed by atoms with van der Waals surface area (Å²) in [6.07, 6.45) is 8.99. The first-order valence-electron chi connectivity index (χ1n) is 4.13. The molecule has 2 nitrogen and oxygen atoms in total. The predicted octanol–water partition coefficient (Wildman–Crippen LogP) is 3.21. The summed E-state index contributed by atoms with van der Waals surface area (Å²) in [7, 11) is 0. The van der Waals surface area contributed by atoms with E-state index in [0.717, 1.165) is 16.9 Å². The van der Waals surface area contributed by atoms with E-state index in [0.29, 0.717) is 0 Å². The van der Waals surface area contributed by atoms with Crippen molar-refractivity contribution < 1.29 is 4.42 Å². The van der Waals surface area contributed by atoms with Crippen molar-refractivity contribution in [1.29, 1.82) is 0 Å². The minimum absolute atomic E-state index is 0.778. The van der Waals surface area contributed by atoms with Crippen LogP contribution in [-0.2, 0) is 0 Å². The van der Waals surface area contributed by atoms with Crippen molar-refractivity contribution in [1.82, 2.24) is 4.98 Å². The monoisotopic (exact) mass is 175 g/mol. The second-order valence-electron chi connectivity index (χ2n) is 2.79. The van der Waals surface area contributed by atoms with Gasteiger partial charge in [0.25, 0.3) is 0 Å². The van der Waals surface area contributed by atoms with Crippen molar-refractivity contribution in [2.75, 3.05) is 0 Å². The van der Waals surface area contributed by atoms with Crippen molar-refractivity contribution in [2.24, 2.45) is 0 Å². The lowest BCUT2D eigenvalue weighted by Crippen LogP contribution is -1.75. The Morgan fingerprint density at radius 1 is 1.54 bits per heavy atom. The first kappa shape index (κ1) is 9.52. The summed E-state index contributed by atoms with van der Waals surface area (Å²) >= 11 is 0. The van der Waals surface area contributed by atoms with Gasteiger partial charge < -0.3 is 4.42 Å². The van der Waals surface area contributed by atoms with Crippen molar-refractivity contribution in [3.63, 3.8) is 0 Å². The molecule has 0 radical (unpaired) electrons. The lowest BCUT2D eigenvalue weighted by molar-refractivity contribution is 0.545. The van der Waals surface area contributed by atoms with E-state index < -0.39 is 0 Å². The van der Waals surface area contributed by atoms with Gasteiger partial charge in [0.1, 0.15) is 0 Å². The molecular formula is C11H13NO. The lowest BCUT2D eigenvalue weighted by Gasteiger charge is -1.94. The van der Waals surface area contributed by atoms with Gasteiger partial charge in [0.2, 0.25) is 0 Å². The summed E-state index contributed by atoms with van der Waals surface area (Å²) in [5.74, 6) is 0.778. The second-order valence-corrected chi connectivity index (χ2v) is 2.79. The molecule has 1 heterocycles. The second kappa shape index (κ2) is 4.45. The zero-order chi connectivity index (χ0) is 9.68. The number of nitrogens with zero attached hydrogens (tertiary/aromatic N) is 1. The first-order valence-corrected chi connectivity index (χ1v) is 4.13. The van der Waals surface area contributed by atoms with E-state index in [1.165, 1.54) is 6.39 Å². The topological polar surface area (TPSA) is 26.0 Å². The Balaban J connectivity index is 2.83. The number of hydrogen-bond acceptors (Lipinski definition) is 2. The standard InChI is InChI=1S/C11H13NO/c1-4-10(6-5-9(2)3)11-7-12-8-13-11/h4-8H,2H2,1,3H3. The molecule has 0 N–H and O–H groups in total. The normalized spacial score (nSPS) is 12.3. The van der Waals surface area contributed by atoms with Crippen molar-refractivity contribution in [2.45, 2.75) is 13.8 Å². The molecule has 1 rings (SSSR count). The third-order valence-electron chi connectivity index (χ3n) is 1.58. The van der Waals surface area contributed by atoms with Gasteiger partial charge in [-0.15, -0.1) is 0 Å². The van der Waals surface area contributed by atoms with E-state index in [9.17, 15) is 0 Å². The Kier molecular flexibility index (Phi) is 3.26. The van der Waals surface area contributed by atoms with Crippen LogP contribution in [0.4, 0.5) is 0 Å². The molecule has 2 heteroatoms. The van der Waals surface area contributed by atoms with Crippen LogP contribution < -0.4 is 0 Å². The predicted molar refractivity (Wildman–Crippen MR) is 54.1 cm³/mol. The third-order valence-corrected chi connectivity index (χ3v) is 1.58. The smallest absolute Gasteiger partial charge is 0.181 e. The number of allylic oxidation sites excluding steroid dienone is 5. The number of hydrogen-bond donors (Lipinski definition) is 0. The fourth-order valence-corrected chi connectivity index (χ4v) is 0.911. The van der Waals surface area contributed by atoms with E-state index in [4.69, 9.17) is 4.42 Å². The minimum atomic E-state index is 0.778. The zero-order valence-electron chi connectivity index (χ0n) is 7.95. The van der Waals surface area contributed by atoms with Gasteiger partial charge in [0.15, 0.2) is 12.2 Å². The molecule has 0 aliphatic heterocycles. The van der Waals surface area contributed by atoms with Crippen LogP contribution in [0.25, 0.3) is 5.57 Å². The van der Waals surface area contributed by atoms with Gasteiger partial charge in [0, 0.05) is 5.57 Å². The van der Waals surface area contributed by atoms with Crippen LogP contribution in [0.5, 0.6) is 0 Å². The highest BCUT2D eigenvalue weighted by molar-refractivity contribution is 5.70. The minimum Gasteiger partial charge on any atom is -0.444 e. The Hall–Kier alpha value is -1.57.